The van der Waals surface area contributed by atoms with Crippen LogP contribution >= 0.6 is 11.6 Å². The highest BCUT2D eigenvalue weighted by atomic mass is 35.5. The summed E-state index contributed by atoms with van der Waals surface area (Å²) >= 11 is 5.90. The van der Waals surface area contributed by atoms with Gasteiger partial charge < -0.3 is 4.74 Å². The molecule has 2 aromatic rings. The molecule has 0 saturated heterocycles. The van der Waals surface area contributed by atoms with E-state index in [1.165, 1.54) is 19.2 Å². The van der Waals surface area contributed by atoms with Gasteiger partial charge in [-0.25, -0.2) is 4.39 Å². The van der Waals surface area contributed by atoms with Gasteiger partial charge in [0.2, 0.25) is 0 Å². The van der Waals surface area contributed by atoms with Crippen molar-refractivity contribution in [2.75, 3.05) is 7.11 Å². The number of hydrogen-bond acceptors (Lipinski definition) is 2. The van der Waals surface area contributed by atoms with Crippen LogP contribution in [0.2, 0.25) is 5.02 Å². The van der Waals surface area contributed by atoms with Crippen molar-refractivity contribution < 1.29 is 13.9 Å². The Morgan fingerprint density at radius 3 is 2.53 bits per heavy atom. The fourth-order valence-corrected chi connectivity index (χ4v) is 1.92. The highest BCUT2D eigenvalue weighted by molar-refractivity contribution is 6.32. The van der Waals surface area contributed by atoms with Crippen LogP contribution in [-0.4, -0.2) is 12.9 Å². The van der Waals surface area contributed by atoms with Gasteiger partial charge in [-0.15, -0.1) is 0 Å². The van der Waals surface area contributed by atoms with Gasteiger partial charge in [0.1, 0.15) is 11.6 Å². The number of hydrogen-bond donors (Lipinski definition) is 0. The van der Waals surface area contributed by atoms with E-state index in [2.05, 4.69) is 0 Å². The molecule has 0 amide bonds. The Morgan fingerprint density at radius 2 is 1.89 bits per heavy atom. The van der Waals surface area contributed by atoms with Gasteiger partial charge in [-0.3, -0.25) is 4.79 Å². The van der Waals surface area contributed by atoms with E-state index in [-0.39, 0.29) is 18.0 Å². The molecule has 0 spiro atoms. The predicted molar refractivity (Wildman–Crippen MR) is 72.4 cm³/mol. The zero-order valence-electron chi connectivity index (χ0n) is 10.3. The lowest BCUT2D eigenvalue weighted by Crippen LogP contribution is -2.04. The van der Waals surface area contributed by atoms with E-state index in [0.29, 0.717) is 16.3 Å². The smallest absolute Gasteiger partial charge is 0.167 e. The molecule has 0 heterocycles. The van der Waals surface area contributed by atoms with Crippen LogP contribution in [-0.2, 0) is 6.42 Å². The molecule has 2 aromatic carbocycles. The van der Waals surface area contributed by atoms with E-state index >= 15 is 0 Å². The van der Waals surface area contributed by atoms with Gasteiger partial charge in [0.25, 0.3) is 0 Å². The number of benzene rings is 2. The van der Waals surface area contributed by atoms with Crippen molar-refractivity contribution in [1.82, 2.24) is 0 Å². The van der Waals surface area contributed by atoms with Crippen LogP contribution in [0.15, 0.2) is 42.5 Å². The first-order chi connectivity index (χ1) is 9.10. The van der Waals surface area contributed by atoms with Gasteiger partial charge in [-0.05, 0) is 35.9 Å². The summed E-state index contributed by atoms with van der Waals surface area (Å²) in [5, 5.41) is 0.459. The SMILES string of the molecule is COc1cc(C(=O)Cc2ccc(F)cc2)ccc1Cl. The summed E-state index contributed by atoms with van der Waals surface area (Å²) in [6, 6.07) is 10.8. The molecule has 0 aliphatic carbocycles. The average molecular weight is 279 g/mol. The third-order valence-electron chi connectivity index (χ3n) is 2.75. The minimum absolute atomic E-state index is 0.0680. The monoisotopic (exact) mass is 278 g/mol. The Hall–Kier alpha value is -1.87. The number of ether oxygens (including phenoxy) is 1. The van der Waals surface area contributed by atoms with E-state index in [1.54, 1.807) is 30.3 Å². The normalized spacial score (nSPS) is 10.3. The van der Waals surface area contributed by atoms with Crippen LogP contribution in [0.1, 0.15) is 15.9 Å². The second-order valence-electron chi connectivity index (χ2n) is 4.08. The molecule has 98 valence electrons. The first-order valence-electron chi connectivity index (χ1n) is 5.71. The Bertz CT molecular complexity index is 594. The van der Waals surface area contributed by atoms with Crippen molar-refractivity contribution in [2.45, 2.75) is 6.42 Å². The van der Waals surface area contributed by atoms with Crippen LogP contribution in [0, 0.1) is 5.82 Å². The van der Waals surface area contributed by atoms with Crippen molar-refractivity contribution in [3.8, 4) is 5.75 Å². The molecule has 19 heavy (non-hydrogen) atoms. The maximum absolute atomic E-state index is 12.8. The van der Waals surface area contributed by atoms with Gasteiger partial charge >= 0.3 is 0 Å². The van der Waals surface area contributed by atoms with Crippen LogP contribution in [0.5, 0.6) is 5.75 Å². The summed E-state index contributed by atoms with van der Waals surface area (Å²) in [4.78, 5) is 12.1. The topological polar surface area (TPSA) is 26.3 Å². The van der Waals surface area contributed by atoms with Crippen LogP contribution in [0.4, 0.5) is 4.39 Å². The molecule has 2 rings (SSSR count). The number of ketones is 1. The van der Waals surface area contributed by atoms with Crippen LogP contribution < -0.4 is 4.74 Å². The molecule has 0 N–H and O–H groups in total. The number of carbonyl (C=O) groups excluding carboxylic acids is 1. The van der Waals surface area contributed by atoms with Gasteiger partial charge in [0, 0.05) is 12.0 Å². The zero-order chi connectivity index (χ0) is 13.8. The summed E-state index contributed by atoms with van der Waals surface area (Å²) in [6.07, 6.45) is 0.213. The van der Waals surface area contributed by atoms with E-state index < -0.39 is 0 Å². The quantitative estimate of drug-likeness (QED) is 0.793. The molecule has 4 heteroatoms. The molecule has 0 fully saturated rings. The van der Waals surface area contributed by atoms with Gasteiger partial charge in [-0.2, -0.15) is 0 Å². The average Bonchev–Trinajstić information content (AvgIpc) is 2.42. The van der Waals surface area contributed by atoms with Crippen molar-refractivity contribution >= 4 is 17.4 Å². The van der Waals surface area contributed by atoms with Gasteiger partial charge in [0.15, 0.2) is 5.78 Å². The maximum atomic E-state index is 12.8. The third-order valence-corrected chi connectivity index (χ3v) is 3.06. The second-order valence-corrected chi connectivity index (χ2v) is 4.48. The van der Waals surface area contributed by atoms with Crippen molar-refractivity contribution in [3.05, 3.63) is 64.4 Å². The first kappa shape index (κ1) is 13.6. The molecule has 0 unspecified atom stereocenters. The molecule has 2 nitrogen and oxygen atoms in total. The lowest BCUT2D eigenvalue weighted by Gasteiger charge is -2.06. The van der Waals surface area contributed by atoms with Crippen molar-refractivity contribution in [2.24, 2.45) is 0 Å². The van der Waals surface area contributed by atoms with E-state index in [1.807, 2.05) is 0 Å². The van der Waals surface area contributed by atoms with E-state index in [0.717, 1.165) is 5.56 Å². The highest BCUT2D eigenvalue weighted by Gasteiger charge is 2.10. The fraction of sp³-hybridized carbons (Fsp3) is 0.133. The zero-order valence-corrected chi connectivity index (χ0v) is 11.1. The van der Waals surface area contributed by atoms with Gasteiger partial charge in [-0.1, -0.05) is 23.7 Å². The standard InChI is InChI=1S/C15H12ClFO2/c1-19-15-9-11(4-7-13(15)16)14(18)8-10-2-5-12(17)6-3-10/h2-7,9H,8H2,1H3. The molecule has 0 atom stereocenters. The van der Waals surface area contributed by atoms with Crippen LogP contribution in [0.3, 0.4) is 0 Å². The summed E-state index contributed by atoms with van der Waals surface area (Å²) in [6.45, 7) is 0. The first-order valence-corrected chi connectivity index (χ1v) is 6.09. The van der Waals surface area contributed by atoms with Crippen LogP contribution in [0.25, 0.3) is 0 Å². The maximum Gasteiger partial charge on any atom is 0.167 e. The summed E-state index contributed by atoms with van der Waals surface area (Å²) in [7, 11) is 1.50. The molecular formula is C15H12ClFO2. The van der Waals surface area contributed by atoms with Crippen molar-refractivity contribution in [3.63, 3.8) is 0 Å². The molecule has 0 bridgehead atoms. The lowest BCUT2D eigenvalue weighted by molar-refractivity contribution is 0.0992. The minimum Gasteiger partial charge on any atom is -0.495 e. The largest absolute Gasteiger partial charge is 0.495 e. The highest BCUT2D eigenvalue weighted by Crippen LogP contribution is 2.25. The summed E-state index contributed by atoms with van der Waals surface area (Å²) in [5.74, 6) is 0.0811. The number of carbonyl (C=O) groups is 1. The Labute approximate surface area is 115 Å². The number of halogens is 2. The fourth-order valence-electron chi connectivity index (χ4n) is 1.72. The van der Waals surface area contributed by atoms with E-state index in [9.17, 15) is 9.18 Å². The molecular weight excluding hydrogens is 267 g/mol. The Balaban J connectivity index is 2.18. The predicted octanol–water partition coefficient (Wildman–Crippen LogP) is 3.91. The number of methoxy groups -OCH3 is 1. The third kappa shape index (κ3) is 3.32. The molecule has 0 aromatic heterocycles. The minimum atomic E-state index is -0.315. The lowest BCUT2D eigenvalue weighted by atomic mass is 10.0. The number of Topliss-reactive ketones (excluding diaryl/α,β-unsaturated/α-hetero) is 1. The molecule has 0 aliphatic heterocycles. The Kier molecular flexibility index (Phi) is 4.17. The molecule has 0 radical (unpaired) electrons. The second kappa shape index (κ2) is 5.85. The Morgan fingerprint density at radius 1 is 1.21 bits per heavy atom. The molecule has 0 saturated carbocycles. The summed E-state index contributed by atoms with van der Waals surface area (Å²) in [5.41, 5.74) is 1.28. The summed E-state index contributed by atoms with van der Waals surface area (Å²) < 4.78 is 17.8. The van der Waals surface area contributed by atoms with Crippen molar-refractivity contribution in [1.29, 1.82) is 0 Å². The van der Waals surface area contributed by atoms with E-state index in [4.69, 9.17) is 16.3 Å². The number of rotatable bonds is 4. The molecule has 0 aliphatic rings. The van der Waals surface area contributed by atoms with Gasteiger partial charge in [0.05, 0.1) is 12.1 Å².